The first-order valence-corrected chi connectivity index (χ1v) is 12.9. The van der Waals surface area contributed by atoms with E-state index in [0.717, 1.165) is 11.1 Å². The molecule has 0 aromatic heterocycles. The molecule has 0 spiro atoms. The van der Waals surface area contributed by atoms with E-state index in [0.29, 0.717) is 24.4 Å². The van der Waals surface area contributed by atoms with Crippen LogP contribution in [-0.4, -0.2) is 48.0 Å². The van der Waals surface area contributed by atoms with Crippen LogP contribution in [0.1, 0.15) is 72.4 Å². The van der Waals surface area contributed by atoms with Crippen LogP contribution in [0, 0.1) is 11.3 Å². The van der Waals surface area contributed by atoms with Gasteiger partial charge >= 0.3 is 12.1 Å². The van der Waals surface area contributed by atoms with Crippen LogP contribution in [0.3, 0.4) is 0 Å². The van der Waals surface area contributed by atoms with Gasteiger partial charge in [-0.2, -0.15) is 0 Å². The number of piperidine rings is 1. The van der Waals surface area contributed by atoms with Gasteiger partial charge in [0.25, 0.3) is 0 Å². The summed E-state index contributed by atoms with van der Waals surface area (Å²) in [5.41, 5.74) is 0.154. The Balaban J connectivity index is 1.91. The molecule has 2 unspecified atom stereocenters. The van der Waals surface area contributed by atoms with Crippen molar-refractivity contribution in [1.29, 1.82) is 0 Å². The normalized spacial score (nSPS) is 18.9. The lowest BCUT2D eigenvalue weighted by Crippen LogP contribution is -2.52. The van der Waals surface area contributed by atoms with Gasteiger partial charge in [-0.3, -0.25) is 14.4 Å². The number of rotatable bonds is 9. The zero-order chi connectivity index (χ0) is 28.0. The molecule has 3 N–H and O–H groups in total. The summed E-state index contributed by atoms with van der Waals surface area (Å²) in [6, 6.07) is 4.85. The molecule has 0 bridgehead atoms. The monoisotopic (exact) mass is 537 g/mol. The van der Waals surface area contributed by atoms with Crippen molar-refractivity contribution in [3.63, 3.8) is 0 Å². The van der Waals surface area contributed by atoms with Gasteiger partial charge in [0.2, 0.25) is 5.91 Å². The van der Waals surface area contributed by atoms with E-state index in [9.17, 15) is 19.2 Å². The second-order valence-electron chi connectivity index (χ2n) is 11.1. The highest BCUT2D eigenvalue weighted by atomic mass is 35.5. The van der Waals surface area contributed by atoms with E-state index in [2.05, 4.69) is 16.0 Å². The Morgan fingerprint density at radius 3 is 2.27 bits per heavy atom. The fourth-order valence-corrected chi connectivity index (χ4v) is 4.34. The van der Waals surface area contributed by atoms with E-state index >= 15 is 0 Å². The molecule has 1 fully saturated rings. The molecule has 1 saturated heterocycles. The summed E-state index contributed by atoms with van der Waals surface area (Å²) in [6.45, 7) is 12.8. The Labute approximate surface area is 224 Å². The van der Waals surface area contributed by atoms with Gasteiger partial charge in [-0.15, -0.1) is 0 Å². The minimum atomic E-state index is -0.830. The lowest BCUT2D eigenvalue weighted by atomic mass is 9.74. The van der Waals surface area contributed by atoms with E-state index in [1.54, 1.807) is 59.7 Å². The molecule has 1 aromatic rings. The molecule has 3 atom stereocenters. The summed E-state index contributed by atoms with van der Waals surface area (Å²) >= 11 is 6.17. The first-order valence-electron chi connectivity index (χ1n) is 12.6. The van der Waals surface area contributed by atoms with Crippen LogP contribution in [0.2, 0.25) is 5.02 Å². The molecule has 0 radical (unpaired) electrons. The first kappa shape index (κ1) is 30.6. The molecular formula is C27H40ClN3O6. The largest absolute Gasteiger partial charge is 0.462 e. The van der Waals surface area contributed by atoms with Gasteiger partial charge in [0.15, 0.2) is 0 Å². The number of carbonyl (C=O) groups is 4. The van der Waals surface area contributed by atoms with Crippen LogP contribution in [0.4, 0.5) is 4.79 Å². The fourth-order valence-electron chi connectivity index (χ4n) is 4.15. The average Bonchev–Trinajstić information content (AvgIpc) is 2.79. The zero-order valence-electron chi connectivity index (χ0n) is 22.8. The number of esters is 1. The molecule has 1 aromatic carbocycles. The zero-order valence-corrected chi connectivity index (χ0v) is 23.6. The Bertz CT molecular complexity index is 996. The predicted octanol–water partition coefficient (Wildman–Crippen LogP) is 3.90. The van der Waals surface area contributed by atoms with E-state index in [4.69, 9.17) is 21.1 Å². The van der Waals surface area contributed by atoms with E-state index in [-0.39, 0.29) is 30.7 Å². The van der Waals surface area contributed by atoms with Crippen LogP contribution in [0.15, 0.2) is 18.2 Å². The topological polar surface area (TPSA) is 123 Å². The van der Waals surface area contributed by atoms with Crippen molar-refractivity contribution in [2.75, 3.05) is 6.54 Å². The van der Waals surface area contributed by atoms with Crippen molar-refractivity contribution in [1.82, 2.24) is 16.0 Å². The Hall–Kier alpha value is -2.65. The minimum Gasteiger partial charge on any atom is -0.462 e. The number of nitrogens with one attached hydrogen (secondary N) is 3. The summed E-state index contributed by atoms with van der Waals surface area (Å²) in [7, 11) is 0. The number of hydrogen-bond donors (Lipinski definition) is 3. The lowest BCUT2D eigenvalue weighted by molar-refractivity contribution is -0.156. The van der Waals surface area contributed by atoms with E-state index in [1.807, 2.05) is 0 Å². The molecular weight excluding hydrogens is 498 g/mol. The molecule has 9 nitrogen and oxygen atoms in total. The number of alkyl carbamates (subject to hydrolysis) is 1. The SMILES string of the molecule is CC(=O)O[C@H](C)C(C)(C)C(=O)C1CCC(C(=O)NCc2cc(Cl)ccc2CNC(=O)OC(C)(C)C)NC1. The standard InChI is InChI=1S/C27H40ClN3O6/c1-16(36-17(2)32)27(6,7)23(33)19-9-11-22(29-14-19)24(34)30-15-20-12-21(28)10-8-18(20)13-31-25(35)37-26(3,4)5/h8,10,12,16,19,22,29H,9,11,13-15H2,1-7H3,(H,30,34)(H,31,35)/t16-,19?,22?/m1/s1. The number of hydrogen-bond acceptors (Lipinski definition) is 7. The second-order valence-corrected chi connectivity index (χ2v) is 11.5. The minimum absolute atomic E-state index is 0.00802. The third-order valence-electron chi connectivity index (χ3n) is 6.54. The number of Topliss-reactive ketones (excluding diaryl/α,β-unsaturated/α-hetero) is 1. The molecule has 1 heterocycles. The quantitative estimate of drug-likeness (QED) is 0.408. The van der Waals surface area contributed by atoms with Gasteiger partial charge in [0.1, 0.15) is 17.5 Å². The Morgan fingerprint density at radius 1 is 1.05 bits per heavy atom. The van der Waals surface area contributed by atoms with Crippen molar-refractivity contribution in [3.05, 3.63) is 34.3 Å². The van der Waals surface area contributed by atoms with Crippen LogP contribution < -0.4 is 16.0 Å². The molecule has 0 saturated carbocycles. The van der Waals surface area contributed by atoms with E-state index in [1.165, 1.54) is 6.92 Å². The third kappa shape index (κ3) is 9.31. The molecule has 10 heteroatoms. The average molecular weight is 538 g/mol. The maximum absolute atomic E-state index is 13.1. The molecule has 2 rings (SSSR count). The highest BCUT2D eigenvalue weighted by molar-refractivity contribution is 6.30. The summed E-state index contributed by atoms with van der Waals surface area (Å²) < 4.78 is 10.5. The van der Waals surface area contributed by atoms with Crippen molar-refractivity contribution < 1.29 is 28.7 Å². The maximum Gasteiger partial charge on any atom is 0.407 e. The number of amides is 2. The lowest BCUT2D eigenvalue weighted by Gasteiger charge is -2.36. The second kappa shape index (κ2) is 12.7. The van der Waals surface area contributed by atoms with Crippen LogP contribution in [-0.2, 0) is 36.9 Å². The Morgan fingerprint density at radius 2 is 1.70 bits per heavy atom. The maximum atomic E-state index is 13.1. The van der Waals surface area contributed by atoms with Gasteiger partial charge in [-0.1, -0.05) is 17.7 Å². The van der Waals surface area contributed by atoms with Gasteiger partial charge in [0.05, 0.1) is 11.5 Å². The predicted molar refractivity (Wildman–Crippen MR) is 141 cm³/mol. The number of ketones is 1. The van der Waals surface area contributed by atoms with Crippen molar-refractivity contribution >= 4 is 35.4 Å². The number of carbonyl (C=O) groups excluding carboxylic acids is 4. The molecule has 37 heavy (non-hydrogen) atoms. The van der Waals surface area contributed by atoms with Crippen LogP contribution in [0.5, 0.6) is 0 Å². The third-order valence-corrected chi connectivity index (χ3v) is 6.77. The van der Waals surface area contributed by atoms with Crippen molar-refractivity contribution in [2.24, 2.45) is 11.3 Å². The van der Waals surface area contributed by atoms with Gasteiger partial charge in [-0.05, 0) is 77.6 Å². The highest BCUT2D eigenvalue weighted by Crippen LogP contribution is 2.31. The van der Waals surface area contributed by atoms with Crippen molar-refractivity contribution in [3.8, 4) is 0 Å². The van der Waals surface area contributed by atoms with Crippen LogP contribution >= 0.6 is 11.6 Å². The fraction of sp³-hybridized carbons (Fsp3) is 0.630. The summed E-state index contributed by atoms with van der Waals surface area (Å²) in [5, 5.41) is 9.36. The van der Waals surface area contributed by atoms with Crippen LogP contribution in [0.25, 0.3) is 0 Å². The summed E-state index contributed by atoms with van der Waals surface area (Å²) in [4.78, 5) is 49.3. The van der Waals surface area contributed by atoms with Gasteiger partial charge < -0.3 is 25.4 Å². The van der Waals surface area contributed by atoms with Gasteiger partial charge in [0, 0.05) is 37.5 Å². The van der Waals surface area contributed by atoms with Gasteiger partial charge in [-0.25, -0.2) is 4.79 Å². The molecule has 206 valence electrons. The molecule has 0 aliphatic carbocycles. The molecule has 1 aliphatic rings. The van der Waals surface area contributed by atoms with E-state index < -0.39 is 35.2 Å². The number of ether oxygens (including phenoxy) is 2. The van der Waals surface area contributed by atoms with Crippen molar-refractivity contribution in [2.45, 2.75) is 92.1 Å². The first-order chi connectivity index (χ1) is 17.1. The summed E-state index contributed by atoms with van der Waals surface area (Å²) in [5.74, 6) is -0.857. The summed E-state index contributed by atoms with van der Waals surface area (Å²) in [6.07, 6.45) is -0.0146. The molecule has 1 aliphatic heterocycles. The smallest absolute Gasteiger partial charge is 0.407 e. The Kier molecular flexibility index (Phi) is 10.5. The number of halogens is 1. The molecule has 2 amide bonds. The number of benzene rings is 1. The highest BCUT2D eigenvalue weighted by Gasteiger charge is 2.41.